The molecule has 1 amide bonds. The molecule has 4 nitrogen and oxygen atoms in total. The first-order valence-electron chi connectivity index (χ1n) is 11.4. The Morgan fingerprint density at radius 2 is 1.84 bits per heavy atom. The summed E-state index contributed by atoms with van der Waals surface area (Å²) in [4.78, 5) is 18.5. The number of benzene rings is 2. The Morgan fingerprint density at radius 3 is 2.56 bits per heavy atom. The van der Waals surface area contributed by atoms with Crippen LogP contribution in [-0.4, -0.2) is 35.9 Å². The molecule has 1 saturated carbocycles. The molecule has 6 heteroatoms. The zero-order valence-corrected chi connectivity index (χ0v) is 20.6. The second-order valence-corrected chi connectivity index (χ2v) is 8.97. The van der Waals surface area contributed by atoms with Gasteiger partial charge < -0.3 is 15.2 Å². The molecule has 1 aromatic heterocycles. The van der Waals surface area contributed by atoms with E-state index in [2.05, 4.69) is 29.2 Å². The molecule has 0 saturated heterocycles. The molecule has 1 fully saturated rings. The lowest BCUT2D eigenvalue weighted by Crippen LogP contribution is -2.28. The van der Waals surface area contributed by atoms with E-state index >= 15 is 0 Å². The maximum absolute atomic E-state index is 13.1. The number of hydrogen-bond donors (Lipinski definition) is 2. The summed E-state index contributed by atoms with van der Waals surface area (Å²) in [5, 5.41) is 4.09. The van der Waals surface area contributed by atoms with Crippen LogP contribution in [-0.2, 0) is 6.42 Å². The summed E-state index contributed by atoms with van der Waals surface area (Å²) in [6.45, 7) is 4.32. The van der Waals surface area contributed by atoms with E-state index in [1.807, 2.05) is 18.2 Å². The highest BCUT2D eigenvalue weighted by Gasteiger charge is 2.16. The first-order valence-corrected chi connectivity index (χ1v) is 11.4. The van der Waals surface area contributed by atoms with Gasteiger partial charge in [0.1, 0.15) is 5.82 Å². The van der Waals surface area contributed by atoms with Gasteiger partial charge in [-0.1, -0.05) is 19.3 Å². The van der Waals surface area contributed by atoms with Crippen LogP contribution in [0.3, 0.4) is 0 Å². The number of likely N-dealkylation sites (N-methyl/N-ethyl adjacent to an activating group) is 1. The van der Waals surface area contributed by atoms with Crippen molar-refractivity contribution in [2.45, 2.75) is 45.4 Å². The van der Waals surface area contributed by atoms with E-state index < -0.39 is 0 Å². The number of hydrogen-bond acceptors (Lipinski definition) is 2. The topological polar surface area (TPSA) is 48.1 Å². The fourth-order valence-corrected chi connectivity index (χ4v) is 4.79. The number of fused-ring (bicyclic) bond motifs is 1. The van der Waals surface area contributed by atoms with Gasteiger partial charge in [0.05, 0.1) is 0 Å². The summed E-state index contributed by atoms with van der Waals surface area (Å²) in [7, 11) is 2.23. The van der Waals surface area contributed by atoms with E-state index in [0.29, 0.717) is 5.56 Å². The van der Waals surface area contributed by atoms with Crippen molar-refractivity contribution in [3.8, 4) is 0 Å². The highest BCUT2D eigenvalue weighted by Crippen LogP contribution is 2.27. The van der Waals surface area contributed by atoms with E-state index in [0.717, 1.165) is 35.5 Å². The third-order valence-corrected chi connectivity index (χ3v) is 6.52. The average molecular weight is 502 g/mol. The molecule has 0 unspecified atom stereocenters. The molecular weight excluding hydrogens is 469 g/mol. The Labute approximate surface area is 200 Å². The van der Waals surface area contributed by atoms with Gasteiger partial charge in [0.25, 0.3) is 5.91 Å². The van der Waals surface area contributed by atoms with Gasteiger partial charge in [0.2, 0.25) is 0 Å². The van der Waals surface area contributed by atoms with Crippen LogP contribution >= 0.6 is 17.0 Å². The second-order valence-electron chi connectivity index (χ2n) is 8.97. The monoisotopic (exact) mass is 501 g/mol. The summed E-state index contributed by atoms with van der Waals surface area (Å²) in [6.07, 6.45) is 7.87. The van der Waals surface area contributed by atoms with E-state index in [9.17, 15) is 9.18 Å². The molecule has 4 rings (SSSR count). The van der Waals surface area contributed by atoms with E-state index in [-0.39, 0.29) is 28.7 Å². The normalized spacial score (nSPS) is 14.5. The summed E-state index contributed by atoms with van der Waals surface area (Å²) in [6, 6.07) is 11.5. The predicted octanol–water partition coefficient (Wildman–Crippen LogP) is 6.50. The molecule has 0 atom stereocenters. The Bertz CT molecular complexity index is 1040. The quantitative estimate of drug-likeness (QED) is 0.388. The maximum atomic E-state index is 13.1. The van der Waals surface area contributed by atoms with Crippen molar-refractivity contribution < 1.29 is 9.18 Å². The average Bonchev–Trinajstić information content (AvgIpc) is 3.07. The van der Waals surface area contributed by atoms with Gasteiger partial charge in [-0.2, -0.15) is 0 Å². The van der Waals surface area contributed by atoms with Gasteiger partial charge in [-0.05, 0) is 87.2 Å². The predicted molar refractivity (Wildman–Crippen MR) is 135 cm³/mol. The summed E-state index contributed by atoms with van der Waals surface area (Å²) in [5.41, 5.74) is 4.77. The van der Waals surface area contributed by atoms with Crippen molar-refractivity contribution in [3.05, 3.63) is 65.1 Å². The van der Waals surface area contributed by atoms with Crippen molar-refractivity contribution in [1.82, 2.24) is 9.88 Å². The zero-order chi connectivity index (χ0) is 21.8. The molecule has 32 heavy (non-hydrogen) atoms. The first-order chi connectivity index (χ1) is 15.0. The number of nitrogens with zero attached hydrogens (tertiary/aromatic N) is 1. The van der Waals surface area contributed by atoms with Crippen molar-refractivity contribution in [1.29, 1.82) is 0 Å². The standard InChI is InChI=1S/C26H32FN3O.BrH/c1-18-23(14-15-30(2)17-19-6-4-3-5-7-19)24-16-22(12-13-25(24)28-18)29-26(31)20-8-10-21(27)11-9-20;/h8-13,16,19,28H,3-7,14-15,17H2,1-2H3,(H,29,31);1H. The lowest BCUT2D eigenvalue weighted by molar-refractivity contribution is 0.102. The van der Waals surface area contributed by atoms with Crippen LogP contribution in [0.1, 0.15) is 53.7 Å². The minimum absolute atomic E-state index is 0. The third-order valence-electron chi connectivity index (χ3n) is 6.52. The molecular formula is C26H33BrFN3O. The Balaban J connectivity index is 0.00000289. The van der Waals surface area contributed by atoms with E-state index in [1.54, 1.807) is 0 Å². The maximum Gasteiger partial charge on any atom is 0.255 e. The summed E-state index contributed by atoms with van der Waals surface area (Å²) in [5.74, 6) is 0.260. The number of aryl methyl sites for hydroxylation is 1. The number of amides is 1. The molecule has 1 aliphatic rings. The Kier molecular flexibility index (Phi) is 8.49. The fourth-order valence-electron chi connectivity index (χ4n) is 4.79. The van der Waals surface area contributed by atoms with Gasteiger partial charge in [-0.15, -0.1) is 17.0 Å². The van der Waals surface area contributed by atoms with Gasteiger partial charge in [0, 0.05) is 40.9 Å². The van der Waals surface area contributed by atoms with Crippen LogP contribution in [0, 0.1) is 18.7 Å². The van der Waals surface area contributed by atoms with Gasteiger partial charge >= 0.3 is 0 Å². The van der Waals surface area contributed by atoms with E-state index in [4.69, 9.17) is 0 Å². The lowest BCUT2D eigenvalue weighted by Gasteiger charge is -2.27. The van der Waals surface area contributed by atoms with Crippen molar-refractivity contribution in [3.63, 3.8) is 0 Å². The van der Waals surface area contributed by atoms with Crippen molar-refractivity contribution in [2.24, 2.45) is 5.92 Å². The van der Waals surface area contributed by atoms with Crippen molar-refractivity contribution in [2.75, 3.05) is 25.5 Å². The molecule has 172 valence electrons. The van der Waals surface area contributed by atoms with Gasteiger partial charge in [0.15, 0.2) is 0 Å². The van der Waals surface area contributed by atoms with Gasteiger partial charge in [-0.25, -0.2) is 4.39 Å². The molecule has 2 aromatic carbocycles. The number of nitrogens with one attached hydrogen (secondary N) is 2. The Hall–Kier alpha value is -2.18. The number of halogens is 2. The number of aromatic amines is 1. The third kappa shape index (κ3) is 5.99. The molecule has 2 N–H and O–H groups in total. The van der Waals surface area contributed by atoms with Crippen LogP contribution in [0.25, 0.3) is 10.9 Å². The lowest BCUT2D eigenvalue weighted by atomic mass is 9.89. The molecule has 3 aromatic rings. The summed E-state index contributed by atoms with van der Waals surface area (Å²) < 4.78 is 13.1. The molecule has 1 aliphatic carbocycles. The molecule has 1 heterocycles. The highest BCUT2D eigenvalue weighted by molar-refractivity contribution is 8.93. The molecule has 0 bridgehead atoms. The largest absolute Gasteiger partial charge is 0.358 e. The summed E-state index contributed by atoms with van der Waals surface area (Å²) >= 11 is 0. The molecule has 0 radical (unpaired) electrons. The van der Waals surface area contributed by atoms with E-state index in [1.165, 1.54) is 74.2 Å². The molecule has 0 aliphatic heterocycles. The second kappa shape index (κ2) is 11.1. The molecule has 0 spiro atoms. The van der Waals surface area contributed by atoms with Crippen LogP contribution in [0.5, 0.6) is 0 Å². The first kappa shape index (κ1) is 24.5. The SMILES string of the molecule is Br.Cc1[nH]c2ccc(NC(=O)c3ccc(F)cc3)cc2c1CCN(C)CC1CCCCC1. The number of carbonyl (C=O) groups is 1. The van der Waals surface area contributed by atoms with Gasteiger partial charge in [-0.3, -0.25) is 4.79 Å². The van der Waals surface area contributed by atoms with Crippen LogP contribution in [0.4, 0.5) is 10.1 Å². The van der Waals surface area contributed by atoms with Crippen LogP contribution < -0.4 is 5.32 Å². The van der Waals surface area contributed by atoms with Crippen LogP contribution in [0.15, 0.2) is 42.5 Å². The fraction of sp³-hybridized carbons (Fsp3) is 0.423. The smallest absolute Gasteiger partial charge is 0.255 e. The number of rotatable bonds is 7. The number of aromatic nitrogens is 1. The van der Waals surface area contributed by atoms with Crippen molar-refractivity contribution >= 4 is 39.5 Å². The number of anilines is 1. The highest BCUT2D eigenvalue weighted by atomic mass is 79.9. The minimum Gasteiger partial charge on any atom is -0.358 e. The minimum atomic E-state index is -0.348. The van der Waals surface area contributed by atoms with Crippen LogP contribution in [0.2, 0.25) is 0 Å². The Morgan fingerprint density at radius 1 is 1.12 bits per heavy atom. The zero-order valence-electron chi connectivity index (χ0n) is 18.9. The number of H-pyrrole nitrogens is 1. The number of carbonyl (C=O) groups excluding carboxylic acids is 1.